The van der Waals surface area contributed by atoms with E-state index in [2.05, 4.69) is 17.2 Å². The number of carbonyl (C=O) groups is 1. The van der Waals surface area contributed by atoms with Crippen LogP contribution in [-0.2, 0) is 4.79 Å². The number of para-hydroxylation sites is 2. The van der Waals surface area contributed by atoms with Gasteiger partial charge in [0.25, 0.3) is 0 Å². The van der Waals surface area contributed by atoms with Gasteiger partial charge in [0.15, 0.2) is 0 Å². The van der Waals surface area contributed by atoms with Crippen molar-refractivity contribution < 1.29 is 4.79 Å². The number of carbonyl (C=O) groups excluding carboxylic acids is 1. The highest BCUT2D eigenvalue weighted by Gasteiger charge is 2.07. The Labute approximate surface area is 132 Å². The third-order valence-corrected chi connectivity index (χ3v) is 3.72. The van der Waals surface area contributed by atoms with E-state index in [0.717, 1.165) is 24.2 Å². The van der Waals surface area contributed by atoms with Gasteiger partial charge in [-0.3, -0.25) is 4.79 Å². The summed E-state index contributed by atoms with van der Waals surface area (Å²) < 4.78 is 1.90. The first-order valence-corrected chi connectivity index (χ1v) is 8.18. The topological polar surface area (TPSA) is 46.9 Å². The summed E-state index contributed by atoms with van der Waals surface area (Å²) >= 11 is 0. The van der Waals surface area contributed by atoms with Crippen molar-refractivity contribution >= 4 is 11.6 Å². The van der Waals surface area contributed by atoms with Crippen LogP contribution >= 0.6 is 0 Å². The minimum atomic E-state index is 0.0862. The predicted molar refractivity (Wildman–Crippen MR) is 90.2 cm³/mol. The Kier molecular flexibility index (Phi) is 6.68. The fourth-order valence-corrected chi connectivity index (χ4v) is 2.48. The summed E-state index contributed by atoms with van der Waals surface area (Å²) in [5.41, 5.74) is 1.77. The van der Waals surface area contributed by atoms with Crippen molar-refractivity contribution in [2.75, 3.05) is 5.32 Å². The molecule has 1 heterocycles. The van der Waals surface area contributed by atoms with E-state index >= 15 is 0 Å². The molecule has 4 heteroatoms. The maximum Gasteiger partial charge on any atom is 0.224 e. The van der Waals surface area contributed by atoms with Gasteiger partial charge in [-0.25, -0.2) is 4.98 Å². The maximum absolute atomic E-state index is 12.1. The highest BCUT2D eigenvalue weighted by Crippen LogP contribution is 2.20. The molecule has 2 aromatic rings. The van der Waals surface area contributed by atoms with Crippen LogP contribution in [0.15, 0.2) is 43.0 Å². The monoisotopic (exact) mass is 299 g/mol. The number of unbranched alkanes of at least 4 members (excludes halogenated alkanes) is 5. The van der Waals surface area contributed by atoms with Crippen molar-refractivity contribution in [1.29, 1.82) is 0 Å². The van der Waals surface area contributed by atoms with Gasteiger partial charge in [0.1, 0.15) is 0 Å². The molecular formula is C18H25N3O. The van der Waals surface area contributed by atoms with Crippen LogP contribution in [0.1, 0.15) is 51.9 Å². The molecule has 0 radical (unpaired) electrons. The van der Waals surface area contributed by atoms with Crippen LogP contribution in [0, 0.1) is 0 Å². The smallest absolute Gasteiger partial charge is 0.224 e. The van der Waals surface area contributed by atoms with Gasteiger partial charge in [0.05, 0.1) is 17.7 Å². The molecule has 0 aliphatic rings. The van der Waals surface area contributed by atoms with Crippen LogP contribution in [0.4, 0.5) is 5.69 Å². The van der Waals surface area contributed by atoms with Crippen molar-refractivity contribution in [2.45, 2.75) is 51.9 Å². The van der Waals surface area contributed by atoms with E-state index < -0.39 is 0 Å². The van der Waals surface area contributed by atoms with Crippen LogP contribution < -0.4 is 5.32 Å². The summed E-state index contributed by atoms with van der Waals surface area (Å²) in [6.07, 6.45) is 13.1. The second kappa shape index (κ2) is 9.03. The zero-order chi connectivity index (χ0) is 15.6. The fourth-order valence-electron chi connectivity index (χ4n) is 2.48. The third-order valence-electron chi connectivity index (χ3n) is 3.72. The lowest BCUT2D eigenvalue weighted by atomic mass is 10.1. The SMILES string of the molecule is CCCCCCCCC(=O)Nc1ccccc1-n1ccnc1. The molecule has 1 aromatic heterocycles. The molecule has 0 spiro atoms. The van der Waals surface area contributed by atoms with Crippen LogP contribution in [0.5, 0.6) is 0 Å². The Hall–Kier alpha value is -2.10. The van der Waals surface area contributed by atoms with E-state index in [-0.39, 0.29) is 5.91 Å². The zero-order valence-electron chi connectivity index (χ0n) is 13.3. The molecule has 0 aliphatic heterocycles. The van der Waals surface area contributed by atoms with E-state index in [1.807, 2.05) is 35.0 Å². The van der Waals surface area contributed by atoms with Crippen molar-refractivity contribution in [2.24, 2.45) is 0 Å². The Morgan fingerprint density at radius 3 is 2.68 bits per heavy atom. The number of nitrogens with one attached hydrogen (secondary N) is 1. The third kappa shape index (κ3) is 5.02. The van der Waals surface area contributed by atoms with Gasteiger partial charge in [-0.15, -0.1) is 0 Å². The number of amides is 1. The van der Waals surface area contributed by atoms with Gasteiger partial charge in [0.2, 0.25) is 5.91 Å². The van der Waals surface area contributed by atoms with Gasteiger partial charge >= 0.3 is 0 Å². The average molecular weight is 299 g/mol. The van der Waals surface area contributed by atoms with Gasteiger partial charge < -0.3 is 9.88 Å². The number of anilines is 1. The molecule has 0 atom stereocenters. The highest BCUT2D eigenvalue weighted by molar-refractivity contribution is 5.92. The molecule has 0 unspecified atom stereocenters. The van der Waals surface area contributed by atoms with Crippen molar-refractivity contribution in [3.63, 3.8) is 0 Å². The number of imidazole rings is 1. The van der Waals surface area contributed by atoms with Gasteiger partial charge in [0, 0.05) is 18.8 Å². The van der Waals surface area contributed by atoms with Crippen molar-refractivity contribution in [1.82, 2.24) is 9.55 Å². The largest absolute Gasteiger partial charge is 0.324 e. The molecule has 22 heavy (non-hydrogen) atoms. The standard InChI is InChI=1S/C18H25N3O/c1-2-3-4-5-6-7-12-18(22)20-16-10-8-9-11-17(16)21-14-13-19-15-21/h8-11,13-15H,2-7,12H2,1H3,(H,20,22). The molecule has 0 aliphatic carbocycles. The minimum absolute atomic E-state index is 0.0862. The van der Waals surface area contributed by atoms with Crippen LogP contribution in [-0.4, -0.2) is 15.5 Å². The summed E-state index contributed by atoms with van der Waals surface area (Å²) in [4.78, 5) is 16.1. The summed E-state index contributed by atoms with van der Waals surface area (Å²) in [6, 6.07) is 7.79. The van der Waals surface area contributed by atoms with Crippen molar-refractivity contribution in [3.8, 4) is 5.69 Å². The minimum Gasteiger partial charge on any atom is -0.324 e. The predicted octanol–water partition coefficient (Wildman–Crippen LogP) is 4.56. The number of hydrogen-bond acceptors (Lipinski definition) is 2. The number of hydrogen-bond donors (Lipinski definition) is 1. The number of aromatic nitrogens is 2. The molecule has 0 fully saturated rings. The Balaban J connectivity index is 1.82. The van der Waals surface area contributed by atoms with E-state index in [0.29, 0.717) is 6.42 Å². The molecule has 0 bridgehead atoms. The van der Waals surface area contributed by atoms with E-state index in [1.165, 1.54) is 25.7 Å². The second-order valence-electron chi connectivity index (χ2n) is 5.55. The zero-order valence-corrected chi connectivity index (χ0v) is 13.3. The molecule has 0 saturated carbocycles. The lowest BCUT2D eigenvalue weighted by molar-refractivity contribution is -0.116. The summed E-state index contributed by atoms with van der Waals surface area (Å²) in [5, 5.41) is 3.01. The lowest BCUT2D eigenvalue weighted by Gasteiger charge is -2.11. The quantitative estimate of drug-likeness (QED) is 0.690. The highest BCUT2D eigenvalue weighted by atomic mass is 16.1. The Morgan fingerprint density at radius 1 is 1.14 bits per heavy atom. The van der Waals surface area contributed by atoms with Crippen molar-refractivity contribution in [3.05, 3.63) is 43.0 Å². The van der Waals surface area contributed by atoms with E-state index in [1.54, 1.807) is 12.5 Å². The van der Waals surface area contributed by atoms with Gasteiger partial charge in [-0.1, -0.05) is 51.2 Å². The lowest BCUT2D eigenvalue weighted by Crippen LogP contribution is -2.13. The van der Waals surface area contributed by atoms with Crippen LogP contribution in [0.2, 0.25) is 0 Å². The first-order chi connectivity index (χ1) is 10.8. The van der Waals surface area contributed by atoms with E-state index in [4.69, 9.17) is 0 Å². The molecule has 1 aromatic carbocycles. The number of rotatable bonds is 9. The molecule has 1 amide bonds. The summed E-state index contributed by atoms with van der Waals surface area (Å²) in [5.74, 6) is 0.0862. The average Bonchev–Trinajstić information content (AvgIpc) is 3.05. The molecule has 118 valence electrons. The Bertz CT molecular complexity index is 563. The number of benzene rings is 1. The van der Waals surface area contributed by atoms with Gasteiger partial charge in [-0.2, -0.15) is 0 Å². The molecule has 1 N–H and O–H groups in total. The van der Waals surface area contributed by atoms with Crippen LogP contribution in [0.3, 0.4) is 0 Å². The Morgan fingerprint density at radius 2 is 1.91 bits per heavy atom. The van der Waals surface area contributed by atoms with Gasteiger partial charge in [-0.05, 0) is 18.6 Å². The molecule has 0 saturated heterocycles. The van der Waals surface area contributed by atoms with E-state index in [9.17, 15) is 4.79 Å². The maximum atomic E-state index is 12.1. The summed E-state index contributed by atoms with van der Waals surface area (Å²) in [6.45, 7) is 2.21. The van der Waals surface area contributed by atoms with Crippen LogP contribution in [0.25, 0.3) is 5.69 Å². The normalized spacial score (nSPS) is 10.6. The first kappa shape index (κ1) is 16.3. The molecular weight excluding hydrogens is 274 g/mol. The fraction of sp³-hybridized carbons (Fsp3) is 0.444. The molecule has 2 rings (SSSR count). The molecule has 4 nitrogen and oxygen atoms in total. The number of nitrogens with zero attached hydrogens (tertiary/aromatic N) is 2. The first-order valence-electron chi connectivity index (χ1n) is 8.18. The summed E-state index contributed by atoms with van der Waals surface area (Å²) in [7, 11) is 0. The second-order valence-corrected chi connectivity index (χ2v) is 5.55.